The Kier molecular flexibility index (Phi) is 3.53. The minimum atomic E-state index is -0.916. The monoisotopic (exact) mass is 319 g/mol. The van der Waals surface area contributed by atoms with Gasteiger partial charge in [-0.1, -0.05) is 6.07 Å². The number of nitrogens with one attached hydrogen (secondary N) is 1. The minimum Gasteiger partial charge on any atom is -0.480 e. The van der Waals surface area contributed by atoms with Gasteiger partial charge in [-0.05, 0) is 38.5 Å². The number of carboxylic acid groups (broad SMARTS) is 1. The molecule has 5 nitrogen and oxygen atoms in total. The van der Waals surface area contributed by atoms with Crippen LogP contribution in [0.1, 0.15) is 30.3 Å². The van der Waals surface area contributed by atoms with Gasteiger partial charge < -0.3 is 9.52 Å². The van der Waals surface area contributed by atoms with Crippen molar-refractivity contribution in [1.29, 1.82) is 0 Å². The fourth-order valence-electron chi connectivity index (χ4n) is 2.71. The molecule has 2 heterocycles. The standard InChI is InChI=1S/C16H17NO4S/c1-8-4-5-9-11(6-8)21-7-10(12(9)18)14-17-13(15(19)20)16(2,3)22-14/h4-7,13-14,17H,1-3H3,(H,19,20). The fraction of sp³-hybridized carbons (Fsp3) is 0.375. The number of thioether (sulfide) groups is 1. The third-order valence-electron chi connectivity index (χ3n) is 3.92. The van der Waals surface area contributed by atoms with Gasteiger partial charge in [-0.25, -0.2) is 0 Å². The Bertz CT molecular complexity index is 811. The van der Waals surface area contributed by atoms with Crippen LogP contribution in [-0.4, -0.2) is 21.9 Å². The lowest BCUT2D eigenvalue weighted by molar-refractivity contribution is -0.139. The topological polar surface area (TPSA) is 79.5 Å². The van der Waals surface area contributed by atoms with Crippen LogP contribution in [0, 0.1) is 6.92 Å². The van der Waals surface area contributed by atoms with Crippen LogP contribution in [0.25, 0.3) is 11.0 Å². The summed E-state index contributed by atoms with van der Waals surface area (Å²) in [7, 11) is 0. The van der Waals surface area contributed by atoms with Crippen molar-refractivity contribution in [3.05, 3.63) is 45.8 Å². The normalized spacial score (nSPS) is 23.8. The van der Waals surface area contributed by atoms with Crippen molar-refractivity contribution < 1.29 is 14.3 Å². The lowest BCUT2D eigenvalue weighted by atomic mass is 10.0. The highest BCUT2D eigenvalue weighted by Gasteiger charge is 2.46. The molecule has 0 saturated carbocycles. The van der Waals surface area contributed by atoms with Crippen LogP contribution in [0.4, 0.5) is 0 Å². The van der Waals surface area contributed by atoms with Crippen LogP contribution < -0.4 is 10.7 Å². The summed E-state index contributed by atoms with van der Waals surface area (Å²) in [6, 6.07) is 4.72. The summed E-state index contributed by atoms with van der Waals surface area (Å²) in [6.45, 7) is 5.65. The summed E-state index contributed by atoms with van der Waals surface area (Å²) >= 11 is 1.43. The number of fused-ring (bicyclic) bond motifs is 1. The molecule has 22 heavy (non-hydrogen) atoms. The van der Waals surface area contributed by atoms with Crippen LogP contribution >= 0.6 is 11.8 Å². The van der Waals surface area contributed by atoms with Crippen LogP contribution in [0.3, 0.4) is 0 Å². The molecule has 1 saturated heterocycles. The molecule has 2 aromatic rings. The van der Waals surface area contributed by atoms with E-state index in [0.29, 0.717) is 16.5 Å². The van der Waals surface area contributed by atoms with E-state index in [1.165, 1.54) is 18.0 Å². The molecule has 3 rings (SSSR count). The summed E-state index contributed by atoms with van der Waals surface area (Å²) < 4.78 is 5.07. The van der Waals surface area contributed by atoms with Gasteiger partial charge in [0.05, 0.1) is 16.3 Å². The number of hydrogen-bond acceptors (Lipinski definition) is 5. The Morgan fingerprint density at radius 2 is 2.14 bits per heavy atom. The van der Waals surface area contributed by atoms with Gasteiger partial charge in [0.1, 0.15) is 17.9 Å². The van der Waals surface area contributed by atoms with Crippen molar-refractivity contribution in [3.63, 3.8) is 0 Å². The Balaban J connectivity index is 2.05. The summed E-state index contributed by atoms with van der Waals surface area (Å²) in [5.41, 5.74) is 1.90. The molecule has 1 aliphatic rings. The zero-order valence-electron chi connectivity index (χ0n) is 12.5. The number of hydrogen-bond donors (Lipinski definition) is 2. The molecule has 0 bridgehead atoms. The minimum absolute atomic E-state index is 0.118. The largest absolute Gasteiger partial charge is 0.480 e. The lowest BCUT2D eigenvalue weighted by Crippen LogP contribution is -2.43. The van der Waals surface area contributed by atoms with Crippen LogP contribution in [0.2, 0.25) is 0 Å². The maximum Gasteiger partial charge on any atom is 0.322 e. The predicted molar refractivity (Wildman–Crippen MR) is 86.2 cm³/mol. The van der Waals surface area contributed by atoms with Crippen molar-refractivity contribution >= 4 is 28.7 Å². The number of benzene rings is 1. The molecule has 2 unspecified atom stereocenters. The van der Waals surface area contributed by atoms with Crippen molar-refractivity contribution in [3.8, 4) is 0 Å². The van der Waals surface area contributed by atoms with Gasteiger partial charge in [0, 0.05) is 4.75 Å². The number of rotatable bonds is 2. The van der Waals surface area contributed by atoms with Crippen molar-refractivity contribution in [2.45, 2.75) is 36.9 Å². The number of carboxylic acids is 1. The molecule has 0 aliphatic carbocycles. The number of carbonyl (C=O) groups is 1. The molecule has 1 aromatic heterocycles. The van der Waals surface area contributed by atoms with Gasteiger partial charge in [-0.2, -0.15) is 0 Å². The predicted octanol–water partition coefficient (Wildman–Crippen LogP) is 2.67. The fourth-order valence-corrected chi connectivity index (χ4v) is 4.12. The number of aryl methyl sites for hydroxylation is 1. The highest BCUT2D eigenvalue weighted by atomic mass is 32.2. The van der Waals surface area contributed by atoms with Gasteiger partial charge in [0.2, 0.25) is 0 Å². The third-order valence-corrected chi connectivity index (χ3v) is 5.39. The van der Waals surface area contributed by atoms with E-state index in [9.17, 15) is 14.7 Å². The van der Waals surface area contributed by atoms with E-state index < -0.39 is 22.1 Å². The van der Waals surface area contributed by atoms with Crippen molar-refractivity contribution in [1.82, 2.24) is 5.32 Å². The molecule has 1 aliphatic heterocycles. The van der Waals surface area contributed by atoms with E-state index >= 15 is 0 Å². The molecule has 2 atom stereocenters. The molecular weight excluding hydrogens is 302 g/mol. The average molecular weight is 319 g/mol. The second-order valence-electron chi connectivity index (χ2n) is 6.06. The summed E-state index contributed by atoms with van der Waals surface area (Å²) in [5, 5.41) is 12.5. The zero-order valence-corrected chi connectivity index (χ0v) is 13.4. The molecule has 6 heteroatoms. The average Bonchev–Trinajstić information content (AvgIpc) is 2.74. The van der Waals surface area contributed by atoms with Gasteiger partial charge in [0.25, 0.3) is 0 Å². The molecule has 1 fully saturated rings. The van der Waals surface area contributed by atoms with E-state index in [4.69, 9.17) is 4.42 Å². The SMILES string of the molecule is Cc1ccc2c(=O)c(C3NC(C(=O)O)C(C)(C)S3)coc2c1. The second-order valence-corrected chi connectivity index (χ2v) is 7.82. The summed E-state index contributed by atoms with van der Waals surface area (Å²) in [5.74, 6) is -0.916. The van der Waals surface area contributed by atoms with Gasteiger partial charge in [0.15, 0.2) is 5.43 Å². The third kappa shape index (κ3) is 2.42. The summed E-state index contributed by atoms with van der Waals surface area (Å²) in [6.07, 6.45) is 1.44. The van der Waals surface area contributed by atoms with E-state index in [1.807, 2.05) is 32.9 Å². The Morgan fingerprint density at radius 1 is 1.41 bits per heavy atom. The first-order valence-corrected chi connectivity index (χ1v) is 7.86. The highest BCUT2D eigenvalue weighted by Crippen LogP contribution is 2.45. The maximum atomic E-state index is 12.7. The van der Waals surface area contributed by atoms with Crippen LogP contribution in [0.5, 0.6) is 0 Å². The molecule has 0 spiro atoms. The molecule has 0 radical (unpaired) electrons. The molecular formula is C16H17NO4S. The van der Waals surface area contributed by atoms with Crippen molar-refractivity contribution in [2.75, 3.05) is 0 Å². The van der Waals surface area contributed by atoms with Crippen LogP contribution in [0.15, 0.2) is 33.7 Å². The van der Waals surface area contributed by atoms with Gasteiger partial charge >= 0.3 is 5.97 Å². The first kappa shape index (κ1) is 15.1. The van der Waals surface area contributed by atoms with E-state index in [-0.39, 0.29) is 5.43 Å². The Hall–Kier alpha value is -1.79. The van der Waals surface area contributed by atoms with E-state index in [1.54, 1.807) is 6.07 Å². The first-order valence-electron chi connectivity index (χ1n) is 6.98. The maximum absolute atomic E-state index is 12.7. The number of aliphatic carboxylic acids is 1. The molecule has 2 N–H and O–H groups in total. The highest BCUT2D eigenvalue weighted by molar-refractivity contribution is 8.01. The Labute approximate surface area is 131 Å². The molecule has 1 aromatic carbocycles. The van der Waals surface area contributed by atoms with Crippen molar-refractivity contribution in [2.24, 2.45) is 0 Å². The first-order chi connectivity index (χ1) is 10.3. The van der Waals surface area contributed by atoms with Crippen LogP contribution in [-0.2, 0) is 4.79 Å². The second kappa shape index (κ2) is 5.14. The quantitative estimate of drug-likeness (QED) is 0.886. The Morgan fingerprint density at radius 3 is 2.77 bits per heavy atom. The van der Waals surface area contributed by atoms with Gasteiger partial charge in [-0.15, -0.1) is 11.8 Å². The van der Waals surface area contributed by atoms with E-state index in [0.717, 1.165) is 5.56 Å². The van der Waals surface area contributed by atoms with Gasteiger partial charge in [-0.3, -0.25) is 14.9 Å². The summed E-state index contributed by atoms with van der Waals surface area (Å²) in [4.78, 5) is 24.0. The molecule has 116 valence electrons. The molecule has 0 amide bonds. The lowest BCUT2D eigenvalue weighted by Gasteiger charge is -2.20. The van der Waals surface area contributed by atoms with E-state index in [2.05, 4.69) is 5.32 Å². The smallest absolute Gasteiger partial charge is 0.322 e. The zero-order chi connectivity index (χ0) is 16.1.